The van der Waals surface area contributed by atoms with Crippen LogP contribution in [0.1, 0.15) is 180 Å². The zero-order chi connectivity index (χ0) is 50.0. The Kier molecular flexibility index (Phi) is 22.6. The molecule has 1 aliphatic heterocycles. The van der Waals surface area contributed by atoms with Crippen LogP contribution in [0.4, 0.5) is 5.69 Å². The van der Waals surface area contributed by atoms with Crippen LogP contribution in [0, 0.1) is 24.2 Å². The minimum Gasteiger partial charge on any atom is -0.398 e. The van der Waals surface area contributed by atoms with E-state index >= 15 is 0 Å². The zero-order valence-corrected chi connectivity index (χ0v) is 44.1. The molecule has 374 valence electrons. The molecule has 0 aromatic heterocycles. The Bertz CT molecular complexity index is 2270. The summed E-state index contributed by atoms with van der Waals surface area (Å²) < 4.78 is 24.9. The molecule has 1 heterocycles. The first-order chi connectivity index (χ1) is 32.3. The summed E-state index contributed by atoms with van der Waals surface area (Å²) in [6.45, 7) is 28.8. The summed E-state index contributed by atoms with van der Waals surface area (Å²) in [5, 5.41) is 0. The normalized spacial score (nSPS) is 15.7. The number of aryl methyl sites for hydroxylation is 1. The lowest BCUT2D eigenvalue weighted by Gasteiger charge is -2.37. The lowest BCUT2D eigenvalue weighted by molar-refractivity contribution is 0.0978. The molecule has 0 bridgehead atoms. The van der Waals surface area contributed by atoms with E-state index in [1.54, 1.807) is 54.6 Å². The fourth-order valence-electron chi connectivity index (χ4n) is 9.56. The van der Waals surface area contributed by atoms with Crippen molar-refractivity contribution >= 4 is 27.1 Å². The highest BCUT2D eigenvalue weighted by Crippen LogP contribution is 2.41. The first-order valence-corrected chi connectivity index (χ1v) is 27.2. The van der Waals surface area contributed by atoms with Gasteiger partial charge in [-0.25, -0.2) is 8.42 Å². The summed E-state index contributed by atoms with van der Waals surface area (Å²) in [4.78, 5) is 31.2. The fraction of sp³-hybridized carbons (Fsp3) is 0.552. The maximum Gasteiger partial charge on any atom is 0.206 e. The van der Waals surface area contributed by atoms with Gasteiger partial charge in [-0.15, -0.1) is 0 Å². The van der Waals surface area contributed by atoms with Crippen LogP contribution < -0.4 is 17.2 Å². The Balaban J connectivity index is 0.000000200. The van der Waals surface area contributed by atoms with Crippen molar-refractivity contribution < 1.29 is 18.0 Å². The number of hydrogen-bond acceptors (Lipinski definition) is 9. The largest absolute Gasteiger partial charge is 0.398 e. The maximum atomic E-state index is 12.7. The molecule has 4 aromatic rings. The van der Waals surface area contributed by atoms with Crippen LogP contribution in [0.2, 0.25) is 0 Å². The molecule has 0 radical (unpaired) electrons. The van der Waals surface area contributed by atoms with Gasteiger partial charge >= 0.3 is 0 Å². The van der Waals surface area contributed by atoms with E-state index < -0.39 is 9.84 Å². The first kappa shape index (κ1) is 56.4. The Morgan fingerprint density at radius 1 is 0.632 bits per heavy atom. The SMILES string of the molecule is CC(C)(CCCN)C1CCCCC1.CC(C)CCCN1CCN(CCCN)CC1.CC(C)c1ccc(N)c2c1C(=O)c1ccccc1C2=O.Cc1ccc(S(=O)(=O)c2ccc(C(C)C)cc2)cc1. The highest BCUT2D eigenvalue weighted by atomic mass is 32.2. The van der Waals surface area contributed by atoms with Crippen molar-refractivity contribution in [3.05, 3.63) is 124 Å². The van der Waals surface area contributed by atoms with Gasteiger partial charge in [-0.2, -0.15) is 0 Å². The Morgan fingerprint density at radius 3 is 1.62 bits per heavy atom. The van der Waals surface area contributed by atoms with E-state index in [0.717, 1.165) is 48.0 Å². The number of anilines is 1. The number of nitrogen functional groups attached to an aromatic ring is 1. The van der Waals surface area contributed by atoms with E-state index in [2.05, 4.69) is 51.3 Å². The highest BCUT2D eigenvalue weighted by molar-refractivity contribution is 7.91. The number of sulfone groups is 1. The topological polar surface area (TPSA) is 153 Å². The van der Waals surface area contributed by atoms with Crippen molar-refractivity contribution in [2.45, 2.75) is 148 Å². The number of hydrogen-bond donors (Lipinski definition) is 3. The quantitative estimate of drug-likeness (QED) is 0.0871. The minimum atomic E-state index is -3.40. The molecule has 1 saturated heterocycles. The van der Waals surface area contributed by atoms with Crippen LogP contribution in [-0.2, 0) is 9.84 Å². The number of carbonyl (C=O) groups excluding carboxylic acids is 2. The average molecular weight is 950 g/mol. The number of nitrogens with two attached hydrogens (primary N) is 3. The monoisotopic (exact) mass is 950 g/mol. The molecule has 0 atom stereocenters. The van der Waals surface area contributed by atoms with Crippen LogP contribution in [0.3, 0.4) is 0 Å². The number of ketones is 2. The van der Waals surface area contributed by atoms with Gasteiger partial charge in [0.05, 0.1) is 15.4 Å². The van der Waals surface area contributed by atoms with Gasteiger partial charge in [-0.05, 0) is 149 Å². The van der Waals surface area contributed by atoms with Crippen LogP contribution in [0.25, 0.3) is 0 Å². The Morgan fingerprint density at radius 2 is 1.13 bits per heavy atom. The maximum absolute atomic E-state index is 12.7. The van der Waals surface area contributed by atoms with Crippen molar-refractivity contribution in [2.24, 2.45) is 28.7 Å². The predicted octanol–water partition coefficient (Wildman–Crippen LogP) is 11.8. The molecular weight excluding hydrogens is 863 g/mol. The summed E-state index contributed by atoms with van der Waals surface area (Å²) >= 11 is 0. The summed E-state index contributed by atoms with van der Waals surface area (Å²) in [5.41, 5.74) is 22.8. The molecule has 0 amide bonds. The molecule has 10 heteroatoms. The number of fused-ring (bicyclic) bond motifs is 2. The molecule has 0 unspecified atom stereocenters. The van der Waals surface area contributed by atoms with E-state index in [-0.39, 0.29) is 17.5 Å². The van der Waals surface area contributed by atoms with Crippen molar-refractivity contribution in [1.29, 1.82) is 0 Å². The highest BCUT2D eigenvalue weighted by Gasteiger charge is 2.34. The number of carbonyl (C=O) groups is 2. The van der Waals surface area contributed by atoms with Crippen molar-refractivity contribution in [3.63, 3.8) is 0 Å². The van der Waals surface area contributed by atoms with E-state index in [1.807, 2.05) is 51.1 Å². The standard InChI is InChI=1S/C17H15NO2.C16H18O2S.C13H29N3.C12H25N/c1-9(2)10-7-8-13(18)15-14(10)16(19)11-5-3-4-6-12(11)17(15)20;1-12(2)14-6-10-16(11-7-14)19(17,18)15-8-4-13(3)5-9-15;1-13(2)5-3-7-15-9-11-16(12-10-15)8-4-6-14;1-12(2,9-6-10-13)11-7-4-3-5-8-11/h3-9H,18H2,1-2H3;4-12H,1-3H3;13H,3-12,14H2,1-2H3;11H,3-10,13H2,1-2H3. The van der Waals surface area contributed by atoms with Gasteiger partial charge in [-0.1, -0.05) is 135 Å². The molecule has 6 N–H and O–H groups in total. The molecule has 2 fully saturated rings. The predicted molar refractivity (Wildman–Crippen MR) is 285 cm³/mol. The third-order valence-electron chi connectivity index (χ3n) is 14.1. The van der Waals surface area contributed by atoms with Crippen molar-refractivity contribution in [2.75, 3.05) is 58.1 Å². The van der Waals surface area contributed by atoms with E-state index in [1.165, 1.54) is 97.1 Å². The van der Waals surface area contributed by atoms with Crippen molar-refractivity contribution in [3.8, 4) is 0 Å². The van der Waals surface area contributed by atoms with Gasteiger partial charge in [0.2, 0.25) is 9.84 Å². The third-order valence-corrected chi connectivity index (χ3v) is 15.9. The fourth-order valence-corrected chi connectivity index (χ4v) is 10.8. The molecule has 68 heavy (non-hydrogen) atoms. The summed E-state index contributed by atoms with van der Waals surface area (Å²) in [7, 11) is -3.40. The second kappa shape index (κ2) is 27.3. The Labute approximate surface area is 411 Å². The molecular formula is C58H87N5O4S. The van der Waals surface area contributed by atoms with Gasteiger partial charge in [0.25, 0.3) is 0 Å². The number of nitrogens with zero attached hydrogens (tertiary/aromatic N) is 2. The molecule has 7 rings (SSSR count). The van der Waals surface area contributed by atoms with Gasteiger partial charge in [0, 0.05) is 48.6 Å². The van der Waals surface area contributed by atoms with Gasteiger partial charge < -0.3 is 27.0 Å². The lowest BCUT2D eigenvalue weighted by Crippen LogP contribution is -2.47. The van der Waals surface area contributed by atoms with Crippen LogP contribution in [0.5, 0.6) is 0 Å². The molecule has 9 nitrogen and oxygen atoms in total. The number of piperazine rings is 1. The second-order valence-electron chi connectivity index (χ2n) is 21.0. The summed E-state index contributed by atoms with van der Waals surface area (Å²) in [6, 6.07) is 24.5. The van der Waals surface area contributed by atoms with Crippen LogP contribution in [-0.4, -0.2) is 82.1 Å². The Hall–Kier alpha value is -4.19. The molecule has 1 saturated carbocycles. The molecule has 4 aromatic carbocycles. The van der Waals surface area contributed by atoms with Crippen LogP contribution >= 0.6 is 0 Å². The molecule has 0 spiro atoms. The number of rotatable bonds is 15. The molecule has 3 aliphatic rings. The van der Waals surface area contributed by atoms with Gasteiger partial charge in [0.1, 0.15) is 0 Å². The van der Waals surface area contributed by atoms with E-state index in [4.69, 9.17) is 17.2 Å². The summed E-state index contributed by atoms with van der Waals surface area (Å²) in [6.07, 6.45) is 13.7. The number of benzene rings is 4. The van der Waals surface area contributed by atoms with E-state index in [9.17, 15) is 18.0 Å². The molecule has 2 aliphatic carbocycles. The third kappa shape index (κ3) is 16.2. The van der Waals surface area contributed by atoms with E-state index in [0.29, 0.717) is 49.1 Å². The van der Waals surface area contributed by atoms with Crippen LogP contribution in [0.15, 0.2) is 94.7 Å². The summed E-state index contributed by atoms with van der Waals surface area (Å²) in [5.74, 6) is 2.11. The van der Waals surface area contributed by atoms with Gasteiger partial charge in [0.15, 0.2) is 11.6 Å². The lowest BCUT2D eigenvalue weighted by atomic mass is 9.69. The smallest absolute Gasteiger partial charge is 0.206 e. The van der Waals surface area contributed by atoms with Crippen molar-refractivity contribution in [1.82, 2.24) is 9.80 Å². The first-order valence-electron chi connectivity index (χ1n) is 25.7. The second-order valence-corrected chi connectivity index (χ2v) is 22.9. The van der Waals surface area contributed by atoms with Gasteiger partial charge in [-0.3, -0.25) is 9.59 Å². The minimum absolute atomic E-state index is 0.105. The zero-order valence-electron chi connectivity index (χ0n) is 43.3. The average Bonchev–Trinajstić information content (AvgIpc) is 3.33.